The average molecular weight is 238 g/mol. The maximum Gasteiger partial charge on any atom is 0.265 e. The molecule has 7 heteroatoms. The van der Waals surface area contributed by atoms with Gasteiger partial charge in [0, 0.05) is 12.6 Å². The van der Waals surface area contributed by atoms with Gasteiger partial charge in [0.2, 0.25) is 5.91 Å². The minimum Gasteiger partial charge on any atom is -0.385 e. The Labute approximate surface area is 91.9 Å². The van der Waals surface area contributed by atoms with E-state index in [0.29, 0.717) is 0 Å². The molecule has 0 bridgehead atoms. The molecule has 3 atom stereocenters. The first-order chi connectivity index (χ1) is 7.38. The van der Waals surface area contributed by atoms with Gasteiger partial charge in [0.15, 0.2) is 0 Å². The minimum absolute atomic E-state index is 0.158. The summed E-state index contributed by atoms with van der Waals surface area (Å²) in [6, 6.07) is -0.462. The predicted octanol–water partition coefficient (Wildman–Crippen LogP) is -0.908. The van der Waals surface area contributed by atoms with E-state index in [2.05, 4.69) is 5.32 Å². The Balaban J connectivity index is 2.46. The van der Waals surface area contributed by atoms with Crippen LogP contribution in [0.3, 0.4) is 0 Å². The number of rotatable bonds is 4. The summed E-state index contributed by atoms with van der Waals surface area (Å²) in [6.07, 6.45) is -4.73. The fraction of sp³-hybridized carbons (Fsp3) is 0.889. The molecule has 0 aromatic carbocycles. The summed E-state index contributed by atoms with van der Waals surface area (Å²) in [5, 5.41) is 11.1. The Kier molecular flexibility index (Phi) is 4.17. The Morgan fingerprint density at radius 2 is 2.38 bits per heavy atom. The molecular weight excluding hydrogens is 222 g/mol. The molecular formula is C9H16F2N2O3. The van der Waals surface area contributed by atoms with E-state index >= 15 is 0 Å². The summed E-state index contributed by atoms with van der Waals surface area (Å²) in [5.41, 5.74) is 4.77. The smallest absolute Gasteiger partial charge is 0.265 e. The second-order valence-corrected chi connectivity index (χ2v) is 4.15. The summed E-state index contributed by atoms with van der Waals surface area (Å²) >= 11 is 0. The number of nitrogens with two attached hydrogens (primary N) is 1. The number of halogens is 2. The number of amides is 1. The number of aliphatic hydroxyl groups excluding tert-OH is 1. The molecule has 0 saturated carbocycles. The van der Waals surface area contributed by atoms with Crippen LogP contribution in [0.2, 0.25) is 0 Å². The normalized spacial score (nSPS) is 31.8. The van der Waals surface area contributed by atoms with Gasteiger partial charge >= 0.3 is 0 Å². The maximum atomic E-state index is 12.0. The first-order valence-electron chi connectivity index (χ1n) is 4.96. The fourth-order valence-corrected chi connectivity index (χ4v) is 1.41. The van der Waals surface area contributed by atoms with Gasteiger partial charge in [-0.15, -0.1) is 0 Å². The second-order valence-electron chi connectivity index (χ2n) is 4.15. The first-order valence-corrected chi connectivity index (χ1v) is 4.96. The third-order valence-corrected chi connectivity index (χ3v) is 2.80. The van der Waals surface area contributed by atoms with Crippen LogP contribution < -0.4 is 11.1 Å². The first kappa shape index (κ1) is 13.3. The molecule has 0 spiro atoms. The molecule has 1 heterocycles. The number of hydrogen-bond acceptors (Lipinski definition) is 4. The van der Waals surface area contributed by atoms with Crippen molar-refractivity contribution in [2.45, 2.75) is 25.5 Å². The van der Waals surface area contributed by atoms with Crippen molar-refractivity contribution in [3.8, 4) is 0 Å². The molecule has 1 saturated heterocycles. The lowest BCUT2D eigenvalue weighted by Crippen LogP contribution is -2.51. The zero-order chi connectivity index (χ0) is 12.3. The van der Waals surface area contributed by atoms with Gasteiger partial charge in [-0.2, -0.15) is 0 Å². The van der Waals surface area contributed by atoms with Crippen LogP contribution in [0.5, 0.6) is 0 Å². The van der Waals surface area contributed by atoms with Crippen molar-refractivity contribution in [2.75, 3.05) is 19.8 Å². The zero-order valence-corrected chi connectivity index (χ0v) is 8.95. The van der Waals surface area contributed by atoms with Crippen molar-refractivity contribution in [3.63, 3.8) is 0 Å². The summed E-state index contributed by atoms with van der Waals surface area (Å²) in [6.45, 7) is 1.54. The summed E-state index contributed by atoms with van der Waals surface area (Å²) in [4.78, 5) is 11.7. The van der Waals surface area contributed by atoms with E-state index in [4.69, 9.17) is 15.6 Å². The third kappa shape index (κ3) is 2.66. The van der Waals surface area contributed by atoms with Crippen LogP contribution in [0.25, 0.3) is 0 Å². The molecule has 1 amide bonds. The molecule has 0 radical (unpaired) electrons. The van der Waals surface area contributed by atoms with Gasteiger partial charge in [-0.05, 0) is 6.92 Å². The largest absolute Gasteiger partial charge is 0.385 e. The zero-order valence-electron chi connectivity index (χ0n) is 8.95. The lowest BCUT2D eigenvalue weighted by Gasteiger charge is -2.26. The topological polar surface area (TPSA) is 84.6 Å². The lowest BCUT2D eigenvalue weighted by atomic mass is 9.85. The highest BCUT2D eigenvalue weighted by molar-refractivity contribution is 5.83. The van der Waals surface area contributed by atoms with E-state index < -0.39 is 36.4 Å². The van der Waals surface area contributed by atoms with Gasteiger partial charge in [0.1, 0.15) is 6.10 Å². The highest BCUT2D eigenvalue weighted by Gasteiger charge is 2.44. The van der Waals surface area contributed by atoms with Gasteiger partial charge in [-0.1, -0.05) is 0 Å². The monoisotopic (exact) mass is 238 g/mol. The molecule has 3 unspecified atom stereocenters. The molecule has 5 nitrogen and oxygen atoms in total. The Morgan fingerprint density at radius 1 is 1.75 bits per heavy atom. The number of carbonyl (C=O) groups is 1. The van der Waals surface area contributed by atoms with Crippen molar-refractivity contribution < 1.29 is 23.4 Å². The van der Waals surface area contributed by atoms with Gasteiger partial charge < -0.3 is 20.9 Å². The quantitative estimate of drug-likeness (QED) is 0.592. The number of carbonyl (C=O) groups excluding carboxylic acids is 1. The predicted molar refractivity (Wildman–Crippen MR) is 51.9 cm³/mol. The second kappa shape index (κ2) is 5.03. The Morgan fingerprint density at radius 3 is 2.81 bits per heavy atom. The number of aliphatic hydroxyl groups is 1. The third-order valence-electron chi connectivity index (χ3n) is 2.80. The summed E-state index contributed by atoms with van der Waals surface area (Å²) in [5.74, 6) is -0.475. The van der Waals surface area contributed by atoms with Crippen LogP contribution in [0.1, 0.15) is 6.92 Å². The number of alkyl halides is 2. The maximum absolute atomic E-state index is 12.0. The highest BCUT2D eigenvalue weighted by atomic mass is 19.3. The molecule has 1 fully saturated rings. The molecule has 94 valence electrons. The standard InChI is InChI=1S/C9H16F2N2O3/c1-9(4-16-3-6(9)12)8(15)13-2-5(14)7(10)11/h5-7,14H,2-4,12H2,1H3,(H,13,15). The van der Waals surface area contributed by atoms with Crippen molar-refractivity contribution in [2.24, 2.45) is 11.1 Å². The minimum atomic E-state index is -2.87. The van der Waals surface area contributed by atoms with Crippen molar-refractivity contribution in [1.29, 1.82) is 0 Å². The van der Waals surface area contributed by atoms with E-state index in [1.807, 2.05) is 0 Å². The van der Waals surface area contributed by atoms with E-state index in [9.17, 15) is 13.6 Å². The van der Waals surface area contributed by atoms with Crippen molar-refractivity contribution in [3.05, 3.63) is 0 Å². The average Bonchev–Trinajstić information content (AvgIpc) is 2.56. The van der Waals surface area contributed by atoms with Crippen LogP contribution in [-0.4, -0.2) is 49.3 Å². The summed E-state index contributed by atoms with van der Waals surface area (Å²) < 4.78 is 29.0. The van der Waals surface area contributed by atoms with E-state index in [-0.39, 0.29) is 13.2 Å². The van der Waals surface area contributed by atoms with Crippen LogP contribution in [0.15, 0.2) is 0 Å². The molecule has 0 aromatic heterocycles. The lowest BCUT2D eigenvalue weighted by molar-refractivity contribution is -0.131. The molecule has 4 N–H and O–H groups in total. The molecule has 0 aliphatic carbocycles. The van der Waals surface area contributed by atoms with Gasteiger partial charge in [-0.3, -0.25) is 4.79 Å². The molecule has 1 rings (SSSR count). The highest BCUT2D eigenvalue weighted by Crippen LogP contribution is 2.26. The van der Waals surface area contributed by atoms with Gasteiger partial charge in [-0.25, -0.2) is 8.78 Å². The Hall–Kier alpha value is -0.790. The van der Waals surface area contributed by atoms with E-state index in [0.717, 1.165) is 0 Å². The van der Waals surface area contributed by atoms with Crippen molar-refractivity contribution in [1.82, 2.24) is 5.32 Å². The molecule has 16 heavy (non-hydrogen) atoms. The molecule has 0 aromatic rings. The number of ether oxygens (including phenoxy) is 1. The van der Waals surface area contributed by atoms with E-state index in [1.165, 1.54) is 0 Å². The fourth-order valence-electron chi connectivity index (χ4n) is 1.41. The summed E-state index contributed by atoms with van der Waals surface area (Å²) in [7, 11) is 0. The Bertz CT molecular complexity index is 265. The van der Waals surface area contributed by atoms with Crippen molar-refractivity contribution >= 4 is 5.91 Å². The van der Waals surface area contributed by atoms with Crippen LogP contribution in [0.4, 0.5) is 8.78 Å². The van der Waals surface area contributed by atoms with Crippen LogP contribution in [0, 0.1) is 5.41 Å². The van der Waals surface area contributed by atoms with Gasteiger partial charge in [0.05, 0.1) is 18.6 Å². The number of nitrogens with one attached hydrogen (secondary N) is 1. The van der Waals surface area contributed by atoms with Crippen LogP contribution in [-0.2, 0) is 9.53 Å². The SMILES string of the molecule is CC1(C(=O)NCC(O)C(F)F)COCC1N. The van der Waals surface area contributed by atoms with Gasteiger partial charge in [0.25, 0.3) is 6.43 Å². The molecule has 1 aliphatic rings. The molecule has 1 aliphatic heterocycles. The number of hydrogen-bond donors (Lipinski definition) is 3. The van der Waals surface area contributed by atoms with E-state index in [1.54, 1.807) is 6.92 Å². The van der Waals surface area contributed by atoms with Crippen LogP contribution >= 0.6 is 0 Å².